The van der Waals surface area contributed by atoms with Gasteiger partial charge in [-0.05, 0) is 0 Å². The van der Waals surface area contributed by atoms with Crippen molar-refractivity contribution in [1.82, 2.24) is 5.32 Å². The number of halogens is 2. The highest BCUT2D eigenvalue weighted by atomic mass is 35.5. The fraction of sp³-hybridized carbons (Fsp3) is 0.500. The van der Waals surface area contributed by atoms with E-state index in [0.29, 0.717) is 4.49 Å². The van der Waals surface area contributed by atoms with E-state index in [1.54, 1.807) is 0 Å². The monoisotopic (exact) mass is 137 g/mol. The molecule has 3 heteroatoms. The molecule has 1 N–H and O–H groups in total. The molecule has 0 atom stereocenters. The van der Waals surface area contributed by atoms with Crippen LogP contribution in [0.3, 0.4) is 0 Å². The van der Waals surface area contributed by atoms with E-state index in [9.17, 15) is 0 Å². The lowest BCUT2D eigenvalue weighted by Gasteiger charge is -2.19. The van der Waals surface area contributed by atoms with Gasteiger partial charge in [0.05, 0.1) is 0 Å². The smallest absolute Gasteiger partial charge is 0.125 e. The van der Waals surface area contributed by atoms with E-state index in [0.717, 1.165) is 18.7 Å². The summed E-state index contributed by atoms with van der Waals surface area (Å²) in [4.78, 5) is 0. The first-order chi connectivity index (χ1) is 3.30. The normalized spacial score (nSPS) is 17.7. The predicted octanol–water partition coefficient (Wildman–Crippen LogP) is 1.63. The Hall–Kier alpha value is 0.120. The molecule has 0 radical (unpaired) electrons. The molecule has 0 aromatic rings. The molecule has 1 saturated heterocycles. The second kappa shape index (κ2) is 1.93. The van der Waals surface area contributed by atoms with E-state index in [2.05, 4.69) is 5.32 Å². The van der Waals surface area contributed by atoms with Crippen LogP contribution >= 0.6 is 23.2 Å². The standard InChI is InChI=1S/C4H5Cl2N/c5-4(6)3-1-2-7-3/h7H,1-2H2. The highest BCUT2D eigenvalue weighted by molar-refractivity contribution is 6.56. The topological polar surface area (TPSA) is 12.0 Å². The van der Waals surface area contributed by atoms with Crippen molar-refractivity contribution in [3.05, 3.63) is 10.2 Å². The van der Waals surface area contributed by atoms with Gasteiger partial charge in [-0.25, -0.2) is 0 Å². The quantitative estimate of drug-likeness (QED) is 0.536. The largest absolute Gasteiger partial charge is 0.386 e. The van der Waals surface area contributed by atoms with E-state index < -0.39 is 0 Å². The minimum atomic E-state index is 0.381. The van der Waals surface area contributed by atoms with Crippen molar-refractivity contribution in [3.63, 3.8) is 0 Å². The molecule has 0 saturated carbocycles. The van der Waals surface area contributed by atoms with Crippen LogP contribution < -0.4 is 5.32 Å². The third-order valence-electron chi connectivity index (χ3n) is 0.942. The summed E-state index contributed by atoms with van der Waals surface area (Å²) >= 11 is 10.7. The molecule has 0 unspecified atom stereocenters. The molecule has 0 amide bonds. The van der Waals surface area contributed by atoms with Gasteiger partial charge in [0, 0.05) is 18.7 Å². The highest BCUT2D eigenvalue weighted by Gasteiger charge is 2.09. The van der Waals surface area contributed by atoms with E-state index >= 15 is 0 Å². The van der Waals surface area contributed by atoms with Crippen LogP contribution in [0.1, 0.15) is 6.42 Å². The Morgan fingerprint density at radius 1 is 1.57 bits per heavy atom. The van der Waals surface area contributed by atoms with Gasteiger partial charge in [0.2, 0.25) is 0 Å². The molecule has 40 valence electrons. The number of nitrogens with one attached hydrogen (secondary N) is 1. The molecule has 1 heterocycles. The summed E-state index contributed by atoms with van der Waals surface area (Å²) in [7, 11) is 0. The Balaban J connectivity index is 2.52. The summed E-state index contributed by atoms with van der Waals surface area (Å²) in [6.07, 6.45) is 1.00. The maximum absolute atomic E-state index is 5.36. The summed E-state index contributed by atoms with van der Waals surface area (Å²) in [5.74, 6) is 0. The third kappa shape index (κ3) is 1.01. The third-order valence-corrected chi connectivity index (χ3v) is 1.40. The van der Waals surface area contributed by atoms with Crippen LogP contribution in [0.15, 0.2) is 10.2 Å². The molecule has 1 fully saturated rings. The lowest BCUT2D eigenvalue weighted by Crippen LogP contribution is -2.27. The molecule has 0 bridgehead atoms. The van der Waals surface area contributed by atoms with Gasteiger partial charge < -0.3 is 5.32 Å². The molecule has 1 nitrogen and oxygen atoms in total. The maximum atomic E-state index is 5.36. The van der Waals surface area contributed by atoms with Crippen LogP contribution in [-0.4, -0.2) is 6.54 Å². The SMILES string of the molecule is ClC(Cl)=C1CCN1. The summed E-state index contributed by atoms with van der Waals surface area (Å²) in [5, 5.41) is 2.96. The van der Waals surface area contributed by atoms with Crippen LogP contribution in [0, 0.1) is 0 Å². The van der Waals surface area contributed by atoms with Crippen LogP contribution in [0.2, 0.25) is 0 Å². The van der Waals surface area contributed by atoms with Crippen molar-refractivity contribution in [2.75, 3.05) is 6.54 Å². The van der Waals surface area contributed by atoms with Crippen molar-refractivity contribution in [3.8, 4) is 0 Å². The van der Waals surface area contributed by atoms with Crippen LogP contribution in [0.4, 0.5) is 0 Å². The zero-order valence-electron chi connectivity index (χ0n) is 3.67. The molecule has 1 aliphatic rings. The van der Waals surface area contributed by atoms with Crippen LogP contribution in [0.25, 0.3) is 0 Å². The van der Waals surface area contributed by atoms with Gasteiger partial charge in [0.1, 0.15) is 4.49 Å². The minimum absolute atomic E-state index is 0.381. The molecular weight excluding hydrogens is 133 g/mol. The summed E-state index contributed by atoms with van der Waals surface area (Å²) in [5.41, 5.74) is 0.975. The van der Waals surface area contributed by atoms with Gasteiger partial charge in [0.25, 0.3) is 0 Å². The fourth-order valence-corrected chi connectivity index (χ4v) is 0.734. The maximum Gasteiger partial charge on any atom is 0.125 e. The molecule has 1 aliphatic heterocycles. The van der Waals surface area contributed by atoms with Gasteiger partial charge in [-0.1, -0.05) is 23.2 Å². The molecule has 0 aromatic carbocycles. The lowest BCUT2D eigenvalue weighted by atomic mass is 10.2. The highest BCUT2D eigenvalue weighted by Crippen LogP contribution is 2.18. The Bertz CT molecular complexity index is 98.3. The first-order valence-corrected chi connectivity index (χ1v) is 2.84. The van der Waals surface area contributed by atoms with Crippen molar-refractivity contribution >= 4 is 23.2 Å². The molecule has 0 spiro atoms. The Morgan fingerprint density at radius 2 is 2.14 bits per heavy atom. The summed E-state index contributed by atoms with van der Waals surface area (Å²) in [6.45, 7) is 1.01. The number of hydrogen-bond acceptors (Lipinski definition) is 1. The second-order valence-corrected chi connectivity index (χ2v) is 2.37. The van der Waals surface area contributed by atoms with Crippen LogP contribution in [-0.2, 0) is 0 Å². The number of hydrogen-bond donors (Lipinski definition) is 1. The van der Waals surface area contributed by atoms with Crippen molar-refractivity contribution < 1.29 is 0 Å². The van der Waals surface area contributed by atoms with Gasteiger partial charge in [-0.3, -0.25) is 0 Å². The summed E-state index contributed by atoms with van der Waals surface area (Å²) in [6, 6.07) is 0. The zero-order chi connectivity index (χ0) is 5.28. The van der Waals surface area contributed by atoms with E-state index in [4.69, 9.17) is 23.2 Å². The second-order valence-electron chi connectivity index (χ2n) is 1.42. The first kappa shape index (κ1) is 5.26. The molecule has 0 aliphatic carbocycles. The molecule has 0 aromatic heterocycles. The van der Waals surface area contributed by atoms with Crippen molar-refractivity contribution in [2.45, 2.75) is 6.42 Å². The Morgan fingerprint density at radius 3 is 2.14 bits per heavy atom. The van der Waals surface area contributed by atoms with E-state index in [1.807, 2.05) is 0 Å². The average molecular weight is 138 g/mol. The Kier molecular flexibility index (Phi) is 1.45. The minimum Gasteiger partial charge on any atom is -0.386 e. The lowest BCUT2D eigenvalue weighted by molar-refractivity contribution is 0.634. The van der Waals surface area contributed by atoms with Gasteiger partial charge >= 0.3 is 0 Å². The first-order valence-electron chi connectivity index (χ1n) is 2.09. The average Bonchev–Trinajstić information content (AvgIpc) is 1.23. The zero-order valence-corrected chi connectivity index (χ0v) is 5.18. The fourth-order valence-electron chi connectivity index (χ4n) is 0.411. The van der Waals surface area contributed by atoms with Crippen LogP contribution in [0.5, 0.6) is 0 Å². The van der Waals surface area contributed by atoms with Gasteiger partial charge in [0.15, 0.2) is 0 Å². The molecule has 1 rings (SSSR count). The van der Waals surface area contributed by atoms with E-state index in [1.165, 1.54) is 0 Å². The van der Waals surface area contributed by atoms with Gasteiger partial charge in [-0.2, -0.15) is 0 Å². The Labute approximate surface area is 52.3 Å². The van der Waals surface area contributed by atoms with Gasteiger partial charge in [-0.15, -0.1) is 0 Å². The van der Waals surface area contributed by atoms with E-state index in [-0.39, 0.29) is 0 Å². The summed E-state index contributed by atoms with van der Waals surface area (Å²) < 4.78 is 0.381. The number of rotatable bonds is 0. The van der Waals surface area contributed by atoms with Crippen molar-refractivity contribution in [2.24, 2.45) is 0 Å². The molecule has 7 heavy (non-hydrogen) atoms. The predicted molar refractivity (Wildman–Crippen MR) is 31.4 cm³/mol. The van der Waals surface area contributed by atoms with Crippen molar-refractivity contribution in [1.29, 1.82) is 0 Å². The molecular formula is C4H5Cl2N.